The zero-order chi connectivity index (χ0) is 17.6. The first-order valence-electron chi connectivity index (χ1n) is 7.84. The first kappa shape index (κ1) is 15.9. The van der Waals surface area contributed by atoms with Crippen LogP contribution in [0.3, 0.4) is 0 Å². The number of nitrogens with two attached hydrogens (primary N) is 1. The molecule has 7 heteroatoms. The van der Waals surface area contributed by atoms with E-state index < -0.39 is 10.0 Å². The molecule has 1 amide bonds. The number of sulfonamides is 1. The number of hydrogen-bond donors (Lipinski definition) is 1. The topological polar surface area (TPSA) is 93.6 Å². The van der Waals surface area contributed by atoms with E-state index in [0.29, 0.717) is 24.1 Å². The van der Waals surface area contributed by atoms with Gasteiger partial charge in [-0.05, 0) is 41.8 Å². The quantitative estimate of drug-likeness (QED) is 0.762. The van der Waals surface area contributed by atoms with E-state index in [4.69, 9.17) is 9.56 Å². The van der Waals surface area contributed by atoms with E-state index in [9.17, 15) is 13.2 Å². The monoisotopic (exact) mass is 356 g/mol. The number of primary sulfonamides is 1. The van der Waals surface area contributed by atoms with Crippen LogP contribution >= 0.6 is 0 Å². The van der Waals surface area contributed by atoms with Crippen LogP contribution in [0.5, 0.6) is 0 Å². The number of carbonyl (C=O) groups excluding carboxylic acids is 1. The van der Waals surface area contributed by atoms with E-state index >= 15 is 0 Å². The molecule has 0 aliphatic carbocycles. The predicted molar refractivity (Wildman–Crippen MR) is 92.5 cm³/mol. The minimum Gasteiger partial charge on any atom is -0.451 e. The summed E-state index contributed by atoms with van der Waals surface area (Å²) in [6, 6.07) is 13.9. The van der Waals surface area contributed by atoms with Crippen molar-refractivity contribution in [2.24, 2.45) is 5.14 Å². The lowest BCUT2D eigenvalue weighted by Crippen LogP contribution is -2.35. The van der Waals surface area contributed by atoms with Crippen LogP contribution in [0.25, 0.3) is 11.0 Å². The molecule has 6 nitrogen and oxygen atoms in total. The van der Waals surface area contributed by atoms with Gasteiger partial charge in [-0.25, -0.2) is 13.6 Å². The SMILES string of the molecule is NS(=O)(=O)c1ccc2oc(C(=O)N3CCc4ccccc4C3)cc2c1. The number of nitrogens with zero attached hydrogens (tertiary/aromatic N) is 1. The predicted octanol–water partition coefficient (Wildman–Crippen LogP) is 2.28. The van der Waals surface area contributed by atoms with Crippen LogP contribution in [-0.2, 0) is 23.0 Å². The summed E-state index contributed by atoms with van der Waals surface area (Å²) in [5, 5.41) is 5.68. The summed E-state index contributed by atoms with van der Waals surface area (Å²) >= 11 is 0. The highest BCUT2D eigenvalue weighted by atomic mass is 32.2. The van der Waals surface area contributed by atoms with Crippen molar-refractivity contribution in [3.05, 3.63) is 65.4 Å². The molecule has 2 aromatic carbocycles. The van der Waals surface area contributed by atoms with Crippen molar-refractivity contribution in [1.29, 1.82) is 0 Å². The van der Waals surface area contributed by atoms with Crippen molar-refractivity contribution in [2.45, 2.75) is 17.9 Å². The van der Waals surface area contributed by atoms with Gasteiger partial charge in [0, 0.05) is 18.5 Å². The van der Waals surface area contributed by atoms with Gasteiger partial charge in [0.25, 0.3) is 5.91 Å². The molecule has 128 valence electrons. The molecule has 1 aliphatic heterocycles. The fourth-order valence-corrected chi connectivity index (χ4v) is 3.68. The van der Waals surface area contributed by atoms with E-state index in [1.54, 1.807) is 11.0 Å². The first-order chi connectivity index (χ1) is 11.9. The molecule has 3 aromatic rings. The summed E-state index contributed by atoms with van der Waals surface area (Å²) < 4.78 is 28.5. The van der Waals surface area contributed by atoms with Gasteiger partial charge in [-0.3, -0.25) is 4.79 Å². The highest BCUT2D eigenvalue weighted by Crippen LogP contribution is 2.25. The van der Waals surface area contributed by atoms with Gasteiger partial charge in [0.15, 0.2) is 5.76 Å². The number of rotatable bonds is 2. The Labute approximate surface area is 144 Å². The number of carbonyl (C=O) groups is 1. The number of fused-ring (bicyclic) bond motifs is 2. The van der Waals surface area contributed by atoms with E-state index in [1.807, 2.05) is 18.2 Å². The maximum absolute atomic E-state index is 12.8. The standard InChI is InChI=1S/C18H16N2O4S/c19-25(22,23)15-5-6-16-14(9-15)10-17(24-16)18(21)20-8-7-12-3-1-2-4-13(12)11-20/h1-6,9-10H,7-8,11H2,(H2,19,22,23). The Hall–Kier alpha value is -2.64. The summed E-state index contributed by atoms with van der Waals surface area (Å²) in [4.78, 5) is 14.5. The third kappa shape index (κ3) is 2.92. The van der Waals surface area contributed by atoms with Crippen LogP contribution < -0.4 is 5.14 Å². The van der Waals surface area contributed by atoms with Crippen LogP contribution in [0.4, 0.5) is 0 Å². The highest BCUT2D eigenvalue weighted by Gasteiger charge is 2.24. The fourth-order valence-electron chi connectivity index (χ4n) is 3.13. The van der Waals surface area contributed by atoms with Gasteiger partial charge >= 0.3 is 0 Å². The Morgan fingerprint density at radius 3 is 2.60 bits per heavy atom. The van der Waals surface area contributed by atoms with Gasteiger partial charge in [-0.15, -0.1) is 0 Å². The van der Waals surface area contributed by atoms with Crippen LogP contribution in [-0.4, -0.2) is 25.8 Å². The molecule has 2 N–H and O–H groups in total. The average molecular weight is 356 g/mol. The van der Waals surface area contributed by atoms with E-state index in [-0.39, 0.29) is 16.6 Å². The molecule has 0 unspecified atom stereocenters. The first-order valence-corrected chi connectivity index (χ1v) is 9.39. The van der Waals surface area contributed by atoms with Gasteiger partial charge in [-0.2, -0.15) is 0 Å². The number of hydrogen-bond acceptors (Lipinski definition) is 4. The Kier molecular flexibility index (Phi) is 3.63. The fraction of sp³-hybridized carbons (Fsp3) is 0.167. The zero-order valence-corrected chi connectivity index (χ0v) is 14.1. The van der Waals surface area contributed by atoms with Crippen LogP contribution in [0.15, 0.2) is 57.8 Å². The third-order valence-corrected chi connectivity index (χ3v) is 5.36. The molecular weight excluding hydrogens is 340 g/mol. The summed E-state index contributed by atoms with van der Waals surface area (Å²) in [6.45, 7) is 1.16. The summed E-state index contributed by atoms with van der Waals surface area (Å²) in [7, 11) is -3.80. The lowest BCUT2D eigenvalue weighted by atomic mass is 10.00. The minimum atomic E-state index is -3.80. The van der Waals surface area contributed by atoms with E-state index in [0.717, 1.165) is 12.0 Å². The van der Waals surface area contributed by atoms with Gasteiger partial charge in [0.05, 0.1) is 4.90 Å². The van der Waals surface area contributed by atoms with Crippen molar-refractivity contribution in [3.63, 3.8) is 0 Å². The largest absolute Gasteiger partial charge is 0.451 e. The normalized spacial score (nSPS) is 14.5. The van der Waals surface area contributed by atoms with Gasteiger partial charge in [-0.1, -0.05) is 24.3 Å². The molecule has 0 spiro atoms. The molecule has 0 radical (unpaired) electrons. The van der Waals surface area contributed by atoms with Gasteiger partial charge in [0.1, 0.15) is 5.58 Å². The van der Waals surface area contributed by atoms with E-state index in [2.05, 4.69) is 6.07 Å². The van der Waals surface area contributed by atoms with Gasteiger partial charge in [0.2, 0.25) is 10.0 Å². The maximum Gasteiger partial charge on any atom is 0.289 e. The lowest BCUT2D eigenvalue weighted by molar-refractivity contribution is 0.0705. The van der Waals surface area contributed by atoms with Crippen molar-refractivity contribution < 1.29 is 17.6 Å². The number of benzene rings is 2. The van der Waals surface area contributed by atoms with Crippen molar-refractivity contribution >= 4 is 26.9 Å². The molecular formula is C18H16N2O4S. The molecule has 0 bridgehead atoms. The summed E-state index contributed by atoms with van der Waals surface area (Å²) in [5.41, 5.74) is 2.84. The average Bonchev–Trinajstić information content (AvgIpc) is 3.03. The summed E-state index contributed by atoms with van der Waals surface area (Å²) in [5.74, 6) is -0.0104. The second-order valence-corrected chi connectivity index (χ2v) is 7.66. The molecule has 0 saturated carbocycles. The molecule has 1 aromatic heterocycles. The highest BCUT2D eigenvalue weighted by molar-refractivity contribution is 7.89. The molecule has 25 heavy (non-hydrogen) atoms. The van der Waals surface area contributed by atoms with Crippen LogP contribution in [0, 0.1) is 0 Å². The molecule has 0 saturated heterocycles. The van der Waals surface area contributed by atoms with Crippen molar-refractivity contribution in [3.8, 4) is 0 Å². The number of furan rings is 1. The molecule has 1 aliphatic rings. The van der Waals surface area contributed by atoms with Crippen LogP contribution in [0.1, 0.15) is 21.7 Å². The summed E-state index contributed by atoms with van der Waals surface area (Å²) in [6.07, 6.45) is 0.803. The maximum atomic E-state index is 12.8. The molecule has 0 atom stereocenters. The molecule has 4 rings (SSSR count). The Bertz CT molecular complexity index is 1090. The van der Waals surface area contributed by atoms with Crippen molar-refractivity contribution in [1.82, 2.24) is 4.90 Å². The van der Waals surface area contributed by atoms with E-state index in [1.165, 1.54) is 23.8 Å². The Morgan fingerprint density at radius 1 is 1.08 bits per heavy atom. The third-order valence-electron chi connectivity index (χ3n) is 4.44. The van der Waals surface area contributed by atoms with Gasteiger partial charge < -0.3 is 9.32 Å². The van der Waals surface area contributed by atoms with Crippen molar-refractivity contribution in [2.75, 3.05) is 6.54 Å². The molecule has 0 fully saturated rings. The molecule has 2 heterocycles. The van der Waals surface area contributed by atoms with Crippen LogP contribution in [0.2, 0.25) is 0 Å². The smallest absolute Gasteiger partial charge is 0.289 e. The zero-order valence-electron chi connectivity index (χ0n) is 13.3. The number of amides is 1. The lowest BCUT2D eigenvalue weighted by Gasteiger charge is -2.28. The second kappa shape index (κ2) is 5.72. The Balaban J connectivity index is 1.65. The second-order valence-electron chi connectivity index (χ2n) is 6.10. The minimum absolute atomic E-state index is 0.00769. The Morgan fingerprint density at radius 2 is 1.84 bits per heavy atom.